The van der Waals surface area contributed by atoms with Gasteiger partial charge < -0.3 is 10.7 Å². The number of benzene rings is 1. The predicted octanol–water partition coefficient (Wildman–Crippen LogP) is 2.24. The summed E-state index contributed by atoms with van der Waals surface area (Å²) in [5.41, 5.74) is 10.1. The van der Waals surface area contributed by atoms with Gasteiger partial charge in [0.1, 0.15) is 22.7 Å². The van der Waals surface area contributed by atoms with E-state index in [4.69, 9.17) is 11.1 Å². The Morgan fingerprint density at radius 1 is 1.33 bits per heavy atom. The molecule has 0 aliphatic carbocycles. The maximum atomic E-state index is 7.46. The predicted molar refractivity (Wildman–Crippen MR) is 83.4 cm³/mol. The SMILES string of the molecule is Cc1cc(C(=N)N)ccc1CSc1ncnc2nc[nH]c12. The number of aromatic amines is 1. The van der Waals surface area contributed by atoms with Gasteiger partial charge in [0.15, 0.2) is 5.65 Å². The Hall–Kier alpha value is -2.41. The number of amidine groups is 1. The first-order valence-electron chi connectivity index (χ1n) is 6.36. The summed E-state index contributed by atoms with van der Waals surface area (Å²) in [6.45, 7) is 2.02. The topological polar surface area (TPSA) is 104 Å². The number of nitrogens with zero attached hydrogens (tertiary/aromatic N) is 3. The van der Waals surface area contributed by atoms with Crippen LogP contribution in [0, 0.1) is 12.3 Å². The van der Waals surface area contributed by atoms with Crippen molar-refractivity contribution >= 4 is 28.8 Å². The van der Waals surface area contributed by atoms with E-state index in [1.807, 2.05) is 25.1 Å². The number of rotatable bonds is 4. The smallest absolute Gasteiger partial charge is 0.181 e. The summed E-state index contributed by atoms with van der Waals surface area (Å²) in [5.74, 6) is 0.877. The Bertz CT molecular complexity index is 810. The molecule has 0 saturated heterocycles. The number of imidazole rings is 1. The first-order valence-corrected chi connectivity index (χ1v) is 7.34. The minimum atomic E-state index is 0.0901. The maximum absolute atomic E-state index is 7.46. The summed E-state index contributed by atoms with van der Waals surface area (Å²) in [6.07, 6.45) is 3.15. The zero-order chi connectivity index (χ0) is 14.8. The van der Waals surface area contributed by atoms with Crippen molar-refractivity contribution < 1.29 is 0 Å². The second-order valence-electron chi connectivity index (χ2n) is 4.62. The molecule has 2 aromatic heterocycles. The van der Waals surface area contributed by atoms with Gasteiger partial charge in [-0.2, -0.15) is 0 Å². The van der Waals surface area contributed by atoms with Crippen LogP contribution in [0.1, 0.15) is 16.7 Å². The molecular formula is C14H14N6S. The third kappa shape index (κ3) is 2.73. The Morgan fingerprint density at radius 2 is 2.19 bits per heavy atom. The highest BCUT2D eigenvalue weighted by atomic mass is 32.2. The maximum Gasteiger partial charge on any atom is 0.181 e. The number of aryl methyl sites for hydroxylation is 1. The molecule has 0 aliphatic rings. The van der Waals surface area contributed by atoms with Gasteiger partial charge >= 0.3 is 0 Å². The van der Waals surface area contributed by atoms with Crippen molar-refractivity contribution in [3.05, 3.63) is 47.5 Å². The van der Waals surface area contributed by atoms with E-state index in [0.29, 0.717) is 5.65 Å². The van der Waals surface area contributed by atoms with Gasteiger partial charge in [-0.1, -0.05) is 23.9 Å². The molecule has 21 heavy (non-hydrogen) atoms. The van der Waals surface area contributed by atoms with E-state index in [9.17, 15) is 0 Å². The summed E-state index contributed by atoms with van der Waals surface area (Å²) in [7, 11) is 0. The van der Waals surface area contributed by atoms with Crippen molar-refractivity contribution in [2.75, 3.05) is 0 Å². The average Bonchev–Trinajstić information content (AvgIpc) is 2.94. The summed E-state index contributed by atoms with van der Waals surface area (Å²) >= 11 is 1.63. The van der Waals surface area contributed by atoms with E-state index in [2.05, 4.69) is 19.9 Å². The van der Waals surface area contributed by atoms with Gasteiger partial charge in [-0.3, -0.25) is 5.41 Å². The highest BCUT2D eigenvalue weighted by molar-refractivity contribution is 7.98. The Morgan fingerprint density at radius 3 is 2.95 bits per heavy atom. The van der Waals surface area contributed by atoms with Crippen LogP contribution in [0.5, 0.6) is 0 Å². The molecule has 4 N–H and O–H groups in total. The molecule has 6 nitrogen and oxygen atoms in total. The number of thioether (sulfide) groups is 1. The molecule has 0 amide bonds. The standard InChI is InChI=1S/C14H14N6S/c1-8-4-9(12(15)16)2-3-10(8)5-21-14-11-13(18-6-17-11)19-7-20-14/h2-4,6-7H,5H2,1H3,(H3,15,16)(H,17,18,19,20). The van der Waals surface area contributed by atoms with Crippen molar-refractivity contribution in [2.45, 2.75) is 17.7 Å². The molecule has 3 rings (SSSR count). The Labute approximate surface area is 125 Å². The number of nitrogens with two attached hydrogens (primary N) is 1. The van der Waals surface area contributed by atoms with Crippen molar-refractivity contribution in [1.82, 2.24) is 19.9 Å². The molecule has 0 spiro atoms. The van der Waals surface area contributed by atoms with E-state index >= 15 is 0 Å². The second-order valence-corrected chi connectivity index (χ2v) is 5.59. The first kappa shape index (κ1) is 13.6. The van der Waals surface area contributed by atoms with E-state index < -0.39 is 0 Å². The van der Waals surface area contributed by atoms with Crippen molar-refractivity contribution in [3.8, 4) is 0 Å². The fourth-order valence-corrected chi connectivity index (χ4v) is 3.06. The summed E-state index contributed by atoms with van der Waals surface area (Å²) < 4.78 is 0. The molecule has 1 aromatic carbocycles. The van der Waals surface area contributed by atoms with Gasteiger partial charge in [-0.25, -0.2) is 15.0 Å². The molecule has 3 aromatic rings. The van der Waals surface area contributed by atoms with Crippen LogP contribution in [0.3, 0.4) is 0 Å². The molecule has 0 saturated carbocycles. The minimum absolute atomic E-state index is 0.0901. The number of hydrogen-bond acceptors (Lipinski definition) is 5. The molecular weight excluding hydrogens is 284 g/mol. The van der Waals surface area contributed by atoms with Crippen LogP contribution in [0.4, 0.5) is 0 Å². The van der Waals surface area contributed by atoms with Gasteiger partial charge in [0, 0.05) is 11.3 Å². The van der Waals surface area contributed by atoms with Crippen LogP contribution in [-0.4, -0.2) is 25.8 Å². The number of H-pyrrole nitrogens is 1. The zero-order valence-corrected chi connectivity index (χ0v) is 12.2. The van der Waals surface area contributed by atoms with E-state index in [-0.39, 0.29) is 5.84 Å². The van der Waals surface area contributed by atoms with Crippen LogP contribution in [0.25, 0.3) is 11.2 Å². The molecule has 2 heterocycles. The highest BCUT2D eigenvalue weighted by Crippen LogP contribution is 2.26. The first-order chi connectivity index (χ1) is 10.1. The second kappa shape index (κ2) is 5.53. The summed E-state index contributed by atoms with van der Waals surface area (Å²) in [5, 5.41) is 8.34. The molecule has 0 atom stereocenters. The van der Waals surface area contributed by atoms with Crippen LogP contribution >= 0.6 is 11.8 Å². The lowest BCUT2D eigenvalue weighted by Gasteiger charge is -2.07. The van der Waals surface area contributed by atoms with Gasteiger partial charge in [0.2, 0.25) is 0 Å². The fraction of sp³-hybridized carbons (Fsp3) is 0.143. The van der Waals surface area contributed by atoms with Crippen molar-refractivity contribution in [2.24, 2.45) is 5.73 Å². The molecule has 106 valence electrons. The monoisotopic (exact) mass is 298 g/mol. The lowest BCUT2D eigenvalue weighted by molar-refractivity contribution is 1.08. The van der Waals surface area contributed by atoms with Crippen molar-refractivity contribution in [3.63, 3.8) is 0 Å². The van der Waals surface area contributed by atoms with Gasteiger partial charge in [0.25, 0.3) is 0 Å². The van der Waals surface area contributed by atoms with Crippen LogP contribution in [0.15, 0.2) is 35.9 Å². The largest absolute Gasteiger partial charge is 0.384 e. The molecule has 0 unspecified atom stereocenters. The summed E-state index contributed by atoms with van der Waals surface area (Å²) in [4.78, 5) is 15.6. The lowest BCUT2D eigenvalue weighted by atomic mass is 10.1. The Kier molecular flexibility index (Phi) is 3.57. The quantitative estimate of drug-likeness (QED) is 0.296. The van der Waals surface area contributed by atoms with Gasteiger partial charge in [0.05, 0.1) is 6.33 Å². The van der Waals surface area contributed by atoms with Crippen LogP contribution in [0.2, 0.25) is 0 Å². The molecule has 7 heteroatoms. The Balaban J connectivity index is 1.82. The van der Waals surface area contributed by atoms with Gasteiger partial charge in [-0.15, -0.1) is 0 Å². The fourth-order valence-electron chi connectivity index (χ4n) is 2.02. The molecule has 0 fully saturated rings. The van der Waals surface area contributed by atoms with Gasteiger partial charge in [-0.05, 0) is 24.1 Å². The number of nitrogens with one attached hydrogen (secondary N) is 2. The average molecular weight is 298 g/mol. The third-order valence-electron chi connectivity index (χ3n) is 3.21. The minimum Gasteiger partial charge on any atom is -0.384 e. The molecule has 0 radical (unpaired) electrons. The number of hydrogen-bond donors (Lipinski definition) is 3. The molecule has 0 aliphatic heterocycles. The highest BCUT2D eigenvalue weighted by Gasteiger charge is 2.08. The van der Waals surface area contributed by atoms with Crippen LogP contribution in [-0.2, 0) is 5.75 Å². The van der Waals surface area contributed by atoms with E-state index in [0.717, 1.165) is 27.4 Å². The van der Waals surface area contributed by atoms with E-state index in [1.165, 1.54) is 11.9 Å². The van der Waals surface area contributed by atoms with E-state index in [1.54, 1.807) is 18.1 Å². The van der Waals surface area contributed by atoms with Crippen LogP contribution < -0.4 is 5.73 Å². The number of fused-ring (bicyclic) bond motifs is 1. The number of aromatic nitrogens is 4. The normalized spacial score (nSPS) is 10.9. The third-order valence-corrected chi connectivity index (χ3v) is 4.24. The van der Waals surface area contributed by atoms with Crippen molar-refractivity contribution in [1.29, 1.82) is 5.41 Å². The zero-order valence-electron chi connectivity index (χ0n) is 11.4. The summed E-state index contributed by atoms with van der Waals surface area (Å²) in [6, 6.07) is 5.81. The molecule has 0 bridgehead atoms. The lowest BCUT2D eigenvalue weighted by Crippen LogP contribution is -2.11. The number of nitrogen functional groups attached to an aromatic ring is 1.